The zero-order chi connectivity index (χ0) is 19.4. The molecule has 7 nitrogen and oxygen atoms in total. The van der Waals surface area contributed by atoms with E-state index in [-0.39, 0.29) is 17.4 Å². The third-order valence-electron chi connectivity index (χ3n) is 6.95. The predicted octanol–water partition coefficient (Wildman–Crippen LogP) is 1.59. The van der Waals surface area contributed by atoms with Gasteiger partial charge in [0.2, 0.25) is 5.91 Å². The lowest BCUT2D eigenvalue weighted by Crippen LogP contribution is -2.57. The summed E-state index contributed by atoms with van der Waals surface area (Å²) >= 11 is 0. The highest BCUT2D eigenvalue weighted by atomic mass is 16.5. The monoisotopic (exact) mass is 390 g/mol. The minimum Gasteiger partial charge on any atom is -0.392 e. The van der Waals surface area contributed by atoms with E-state index in [4.69, 9.17) is 4.74 Å². The number of aromatic amines is 1. The average Bonchev–Trinajstić information content (AvgIpc) is 3.22. The molecule has 1 spiro atoms. The molecule has 4 heterocycles. The molecule has 4 rings (SSSR count). The van der Waals surface area contributed by atoms with Gasteiger partial charge in [0, 0.05) is 58.1 Å². The molecular formula is C21H34N4O3. The van der Waals surface area contributed by atoms with Gasteiger partial charge in [-0.2, -0.15) is 5.10 Å². The summed E-state index contributed by atoms with van der Waals surface area (Å²) in [6.45, 7) is 5.20. The Hall–Kier alpha value is -1.44. The highest BCUT2D eigenvalue weighted by Gasteiger charge is 2.43. The molecular weight excluding hydrogens is 356 g/mol. The number of carbonyl (C=O) groups is 1. The lowest BCUT2D eigenvalue weighted by molar-refractivity contribution is -0.135. The van der Waals surface area contributed by atoms with Gasteiger partial charge in [-0.3, -0.25) is 14.8 Å². The van der Waals surface area contributed by atoms with Gasteiger partial charge in [0.15, 0.2) is 0 Å². The molecule has 28 heavy (non-hydrogen) atoms. The number of hydrogen-bond donors (Lipinski definition) is 2. The Morgan fingerprint density at radius 2 is 2.11 bits per heavy atom. The van der Waals surface area contributed by atoms with Crippen LogP contribution in [0, 0.1) is 5.41 Å². The molecule has 1 amide bonds. The van der Waals surface area contributed by atoms with Crippen molar-refractivity contribution in [3.63, 3.8) is 0 Å². The van der Waals surface area contributed by atoms with E-state index in [2.05, 4.69) is 15.1 Å². The highest BCUT2D eigenvalue weighted by molar-refractivity contribution is 5.76. The van der Waals surface area contributed by atoms with E-state index >= 15 is 0 Å². The molecule has 3 aliphatic heterocycles. The van der Waals surface area contributed by atoms with E-state index in [1.54, 1.807) is 0 Å². The fourth-order valence-corrected chi connectivity index (χ4v) is 5.33. The summed E-state index contributed by atoms with van der Waals surface area (Å²) in [6, 6.07) is 0.545. The van der Waals surface area contributed by atoms with Crippen LogP contribution < -0.4 is 0 Å². The number of nitrogens with one attached hydrogen (secondary N) is 1. The molecule has 0 saturated carbocycles. The van der Waals surface area contributed by atoms with Crippen LogP contribution in [-0.2, 0) is 16.0 Å². The molecule has 7 heteroatoms. The number of aliphatic hydroxyl groups excluding tert-OH is 1. The Labute approximate surface area is 167 Å². The second kappa shape index (κ2) is 8.93. The minimum atomic E-state index is -0.242. The average molecular weight is 391 g/mol. The van der Waals surface area contributed by atoms with Crippen molar-refractivity contribution in [1.82, 2.24) is 20.0 Å². The summed E-state index contributed by atoms with van der Waals surface area (Å²) in [5.41, 5.74) is 1.33. The van der Waals surface area contributed by atoms with E-state index in [1.807, 2.05) is 17.3 Å². The molecule has 1 unspecified atom stereocenters. The third-order valence-corrected chi connectivity index (χ3v) is 6.95. The molecule has 0 aromatic carbocycles. The van der Waals surface area contributed by atoms with Crippen LogP contribution in [0.1, 0.15) is 50.5 Å². The number of ether oxygens (including phenoxy) is 1. The molecule has 3 fully saturated rings. The van der Waals surface area contributed by atoms with Gasteiger partial charge in [-0.05, 0) is 55.9 Å². The Morgan fingerprint density at radius 1 is 1.32 bits per heavy atom. The van der Waals surface area contributed by atoms with Gasteiger partial charge in [-0.25, -0.2) is 0 Å². The molecule has 0 radical (unpaired) electrons. The number of β-amino-alcohol motifs (C(OH)–C–C–N with tert-alkyl or cyclic N) is 1. The predicted molar refractivity (Wildman–Crippen MR) is 106 cm³/mol. The first-order valence-electron chi connectivity index (χ1n) is 10.9. The quantitative estimate of drug-likeness (QED) is 0.798. The second-order valence-corrected chi connectivity index (χ2v) is 8.97. The number of aliphatic hydroxyl groups is 1. The second-order valence-electron chi connectivity index (χ2n) is 8.97. The van der Waals surface area contributed by atoms with Gasteiger partial charge in [-0.15, -0.1) is 0 Å². The number of likely N-dealkylation sites (tertiary alicyclic amines) is 2. The zero-order valence-corrected chi connectivity index (χ0v) is 16.8. The summed E-state index contributed by atoms with van der Waals surface area (Å²) in [7, 11) is 0. The maximum atomic E-state index is 12.6. The first-order valence-corrected chi connectivity index (χ1v) is 10.9. The molecule has 3 saturated heterocycles. The Morgan fingerprint density at radius 3 is 2.82 bits per heavy atom. The summed E-state index contributed by atoms with van der Waals surface area (Å²) in [5, 5.41) is 17.3. The topological polar surface area (TPSA) is 81.7 Å². The number of piperidine rings is 2. The molecule has 0 aliphatic carbocycles. The number of carbonyl (C=O) groups excluding carboxylic acids is 1. The maximum Gasteiger partial charge on any atom is 0.222 e. The number of rotatable bonds is 5. The van der Waals surface area contributed by atoms with Crippen LogP contribution in [0.4, 0.5) is 0 Å². The van der Waals surface area contributed by atoms with E-state index < -0.39 is 0 Å². The molecule has 1 atom stereocenters. The zero-order valence-electron chi connectivity index (χ0n) is 16.8. The van der Waals surface area contributed by atoms with Crippen molar-refractivity contribution in [2.45, 2.75) is 63.5 Å². The lowest BCUT2D eigenvalue weighted by Gasteiger charge is -2.51. The van der Waals surface area contributed by atoms with Gasteiger partial charge >= 0.3 is 0 Å². The highest BCUT2D eigenvalue weighted by Crippen LogP contribution is 2.41. The summed E-state index contributed by atoms with van der Waals surface area (Å²) in [6.07, 6.45) is 10.9. The van der Waals surface area contributed by atoms with Crippen molar-refractivity contribution in [1.29, 1.82) is 0 Å². The normalized spacial score (nSPS) is 26.6. The third kappa shape index (κ3) is 4.75. The molecule has 2 N–H and O–H groups in total. The first-order chi connectivity index (χ1) is 13.6. The first kappa shape index (κ1) is 19.9. The fraction of sp³-hybridized carbons (Fsp3) is 0.810. The number of aromatic nitrogens is 2. The van der Waals surface area contributed by atoms with Crippen LogP contribution in [0.15, 0.2) is 12.4 Å². The van der Waals surface area contributed by atoms with Crippen molar-refractivity contribution >= 4 is 5.91 Å². The molecule has 1 aromatic heterocycles. The van der Waals surface area contributed by atoms with E-state index in [9.17, 15) is 9.90 Å². The Kier molecular flexibility index (Phi) is 6.33. The smallest absolute Gasteiger partial charge is 0.222 e. The minimum absolute atomic E-state index is 0.170. The Bertz CT molecular complexity index is 622. The van der Waals surface area contributed by atoms with Crippen molar-refractivity contribution < 1.29 is 14.6 Å². The maximum absolute atomic E-state index is 12.6. The molecule has 3 aliphatic rings. The Balaban J connectivity index is 1.26. The standard InChI is InChI=1S/C21H34N4O3/c26-19-12-21(16-25(15-19)18-4-10-28-11-5-18)6-8-24(9-7-21)20(27)3-1-2-17-13-22-23-14-17/h13-14,18-19,26H,1-12,15-16H2,(H,22,23). The number of hydrogen-bond acceptors (Lipinski definition) is 5. The van der Waals surface area contributed by atoms with Crippen molar-refractivity contribution in [3.05, 3.63) is 18.0 Å². The van der Waals surface area contributed by atoms with Crippen molar-refractivity contribution in [2.24, 2.45) is 5.41 Å². The van der Waals surface area contributed by atoms with Crippen molar-refractivity contribution in [3.8, 4) is 0 Å². The molecule has 156 valence electrons. The van der Waals surface area contributed by atoms with Crippen LogP contribution in [0.5, 0.6) is 0 Å². The largest absolute Gasteiger partial charge is 0.392 e. The summed E-state index contributed by atoms with van der Waals surface area (Å²) < 4.78 is 5.51. The SMILES string of the molecule is O=C(CCCc1cn[nH]c1)N1CCC2(CC1)CC(O)CN(C1CCOCC1)C2. The van der Waals surface area contributed by atoms with E-state index in [1.165, 1.54) is 0 Å². The van der Waals surface area contributed by atoms with Gasteiger partial charge in [-0.1, -0.05) is 0 Å². The van der Waals surface area contributed by atoms with Gasteiger partial charge in [0.25, 0.3) is 0 Å². The molecule has 1 aromatic rings. The number of aryl methyl sites for hydroxylation is 1. The van der Waals surface area contributed by atoms with E-state index in [0.29, 0.717) is 12.5 Å². The summed E-state index contributed by atoms with van der Waals surface area (Å²) in [5.74, 6) is 0.274. The number of H-pyrrole nitrogens is 1. The fourth-order valence-electron chi connectivity index (χ4n) is 5.33. The number of nitrogens with zero attached hydrogens (tertiary/aromatic N) is 3. The van der Waals surface area contributed by atoms with Crippen LogP contribution >= 0.6 is 0 Å². The number of amides is 1. The van der Waals surface area contributed by atoms with Crippen LogP contribution in [0.3, 0.4) is 0 Å². The van der Waals surface area contributed by atoms with Gasteiger partial charge < -0.3 is 14.7 Å². The summed E-state index contributed by atoms with van der Waals surface area (Å²) in [4.78, 5) is 17.2. The van der Waals surface area contributed by atoms with Crippen molar-refractivity contribution in [2.75, 3.05) is 39.4 Å². The lowest BCUT2D eigenvalue weighted by atomic mass is 9.71. The van der Waals surface area contributed by atoms with E-state index in [0.717, 1.165) is 89.9 Å². The van der Waals surface area contributed by atoms with Gasteiger partial charge in [0.1, 0.15) is 0 Å². The van der Waals surface area contributed by atoms with Crippen LogP contribution in [-0.4, -0.2) is 82.5 Å². The van der Waals surface area contributed by atoms with Gasteiger partial charge in [0.05, 0.1) is 12.3 Å². The molecule has 0 bridgehead atoms. The van der Waals surface area contributed by atoms with Crippen LogP contribution in [0.25, 0.3) is 0 Å². The van der Waals surface area contributed by atoms with Crippen LogP contribution in [0.2, 0.25) is 0 Å².